The van der Waals surface area contributed by atoms with Crippen molar-refractivity contribution in [2.75, 3.05) is 0 Å². The number of ketones is 2. The molecule has 194 valence electrons. The van der Waals surface area contributed by atoms with Crippen LogP contribution in [0.25, 0.3) is 0 Å². The van der Waals surface area contributed by atoms with Gasteiger partial charge in [-0.15, -0.1) is 0 Å². The maximum Gasteiger partial charge on any atom is 0.162 e. The van der Waals surface area contributed by atoms with Crippen molar-refractivity contribution >= 4 is 46.4 Å². The summed E-state index contributed by atoms with van der Waals surface area (Å²) in [7, 11) is 0. The summed E-state index contributed by atoms with van der Waals surface area (Å²) in [6, 6.07) is 11.0. The summed E-state index contributed by atoms with van der Waals surface area (Å²) in [5, 5.41) is 4.77. The molecule has 2 aliphatic carbocycles. The molecule has 0 atom stereocenters. The largest absolute Gasteiger partial charge is 0.486 e. The van der Waals surface area contributed by atoms with E-state index in [1.165, 1.54) is 0 Å². The molecule has 5 rings (SSSR count). The monoisotopic (exact) mass is 557 g/mol. The van der Waals surface area contributed by atoms with Crippen molar-refractivity contribution in [2.45, 2.75) is 65.9 Å². The number of rotatable bonds is 4. The van der Waals surface area contributed by atoms with Crippen molar-refractivity contribution in [3.63, 3.8) is 0 Å². The number of allylic oxidation sites excluding steroid dienone is 4. The fourth-order valence-electron chi connectivity index (χ4n) is 5.87. The molecule has 1 aliphatic heterocycles. The third-order valence-corrected chi connectivity index (χ3v) is 8.33. The summed E-state index contributed by atoms with van der Waals surface area (Å²) in [6.45, 7) is 8.61. The first-order valence-corrected chi connectivity index (χ1v) is 13.6. The summed E-state index contributed by atoms with van der Waals surface area (Å²) in [6.07, 6.45) is 2.31. The van der Waals surface area contributed by atoms with Gasteiger partial charge in [0.15, 0.2) is 17.3 Å². The quantitative estimate of drug-likeness (QED) is 0.411. The lowest BCUT2D eigenvalue weighted by molar-refractivity contribution is -0.119. The van der Waals surface area contributed by atoms with Crippen LogP contribution in [0, 0.1) is 10.8 Å². The van der Waals surface area contributed by atoms with E-state index in [-0.39, 0.29) is 29.0 Å². The van der Waals surface area contributed by atoms with Gasteiger partial charge in [-0.2, -0.15) is 0 Å². The van der Waals surface area contributed by atoms with Gasteiger partial charge in [-0.05, 0) is 47.4 Å². The first-order chi connectivity index (χ1) is 17.3. The molecule has 2 aromatic carbocycles. The van der Waals surface area contributed by atoms with Gasteiger partial charge >= 0.3 is 0 Å². The number of hydrogen-bond donors (Lipinski definition) is 1. The number of carbonyl (C=O) groups excluding carboxylic acids is 2. The second-order valence-electron chi connectivity index (χ2n) is 11.9. The standard InChI is InChI=1S/C30H30Cl3NO3/c1-29(2)11-21-26(23(35)13-29)25(27-22(34-21)12-30(3,4)14-24(27)36)17-9-19(32)28(20(33)10-17)37-15-16-7-5-6-8-18(16)31/h5-10,25,34H,11-15H2,1-4H3. The molecular formula is C30H30Cl3NO3. The summed E-state index contributed by atoms with van der Waals surface area (Å²) < 4.78 is 5.97. The Balaban J connectivity index is 1.58. The molecule has 0 amide bonds. The molecule has 0 fully saturated rings. The topological polar surface area (TPSA) is 55.4 Å². The predicted molar refractivity (Wildman–Crippen MR) is 148 cm³/mol. The average Bonchev–Trinajstić information content (AvgIpc) is 2.76. The van der Waals surface area contributed by atoms with E-state index in [0.717, 1.165) is 35.4 Å². The van der Waals surface area contributed by atoms with Crippen LogP contribution in [0.3, 0.4) is 0 Å². The molecular weight excluding hydrogens is 529 g/mol. The Morgan fingerprint density at radius 3 is 1.84 bits per heavy atom. The van der Waals surface area contributed by atoms with Crippen LogP contribution in [-0.4, -0.2) is 11.6 Å². The van der Waals surface area contributed by atoms with Crippen LogP contribution < -0.4 is 10.1 Å². The lowest BCUT2D eigenvalue weighted by Crippen LogP contribution is -2.42. The van der Waals surface area contributed by atoms with Crippen LogP contribution in [0.5, 0.6) is 5.75 Å². The highest BCUT2D eigenvalue weighted by molar-refractivity contribution is 6.37. The number of hydrogen-bond acceptors (Lipinski definition) is 4. The van der Waals surface area contributed by atoms with E-state index in [1.54, 1.807) is 18.2 Å². The van der Waals surface area contributed by atoms with Gasteiger partial charge in [-0.25, -0.2) is 0 Å². The third kappa shape index (κ3) is 5.08. The summed E-state index contributed by atoms with van der Waals surface area (Å²) in [5.41, 5.74) is 4.34. The third-order valence-electron chi connectivity index (χ3n) is 7.40. The van der Waals surface area contributed by atoms with Crippen molar-refractivity contribution < 1.29 is 14.3 Å². The first-order valence-electron chi connectivity index (χ1n) is 12.5. The molecule has 0 saturated carbocycles. The Kier molecular flexibility index (Phi) is 6.75. The van der Waals surface area contributed by atoms with Crippen molar-refractivity contribution in [1.82, 2.24) is 5.32 Å². The van der Waals surface area contributed by atoms with E-state index in [9.17, 15) is 9.59 Å². The molecule has 4 nitrogen and oxygen atoms in total. The number of ether oxygens (including phenoxy) is 1. The number of dihydropyridines is 1. The number of Topliss-reactive ketones (excluding diaryl/α,β-unsaturated/α-hetero) is 2. The number of benzene rings is 2. The van der Waals surface area contributed by atoms with Crippen molar-refractivity contribution in [1.29, 1.82) is 0 Å². The van der Waals surface area contributed by atoms with Gasteiger partial charge < -0.3 is 10.1 Å². The zero-order valence-electron chi connectivity index (χ0n) is 21.4. The maximum absolute atomic E-state index is 13.5. The fraction of sp³-hybridized carbons (Fsp3) is 0.400. The van der Waals surface area contributed by atoms with E-state index in [2.05, 4.69) is 33.0 Å². The van der Waals surface area contributed by atoms with Gasteiger partial charge in [0.25, 0.3) is 0 Å². The molecule has 0 aromatic heterocycles. The van der Waals surface area contributed by atoms with Crippen LogP contribution in [0.2, 0.25) is 15.1 Å². The molecule has 2 aromatic rings. The molecule has 1 heterocycles. The van der Waals surface area contributed by atoms with Gasteiger partial charge in [0, 0.05) is 51.9 Å². The molecule has 0 spiro atoms. The van der Waals surface area contributed by atoms with Crippen molar-refractivity contribution in [3.05, 3.63) is 85.1 Å². The number of halogens is 3. The van der Waals surface area contributed by atoms with E-state index in [0.29, 0.717) is 44.8 Å². The van der Waals surface area contributed by atoms with Crippen molar-refractivity contribution in [2.24, 2.45) is 10.8 Å². The zero-order chi connectivity index (χ0) is 26.7. The van der Waals surface area contributed by atoms with E-state index in [1.807, 2.05) is 18.2 Å². The molecule has 1 N–H and O–H groups in total. The zero-order valence-corrected chi connectivity index (χ0v) is 23.7. The SMILES string of the molecule is CC1(C)CC(=O)C2=C(C1)NC1=C(C(=O)CC(C)(C)C1)C2c1cc(Cl)c(OCc2ccccc2Cl)c(Cl)c1. The van der Waals surface area contributed by atoms with Crippen LogP contribution in [-0.2, 0) is 16.2 Å². The lowest BCUT2D eigenvalue weighted by Gasteiger charge is -2.44. The molecule has 3 aliphatic rings. The predicted octanol–water partition coefficient (Wildman–Crippen LogP) is 8.20. The minimum absolute atomic E-state index is 0.0548. The van der Waals surface area contributed by atoms with Gasteiger partial charge in [0.05, 0.1) is 10.0 Å². The Morgan fingerprint density at radius 1 is 0.811 bits per heavy atom. The van der Waals surface area contributed by atoms with Crippen LogP contribution in [0.1, 0.15) is 70.4 Å². The second-order valence-corrected chi connectivity index (χ2v) is 13.1. The number of carbonyl (C=O) groups is 2. The highest BCUT2D eigenvalue weighted by Crippen LogP contribution is 2.52. The second kappa shape index (κ2) is 9.48. The van der Waals surface area contributed by atoms with Crippen LogP contribution in [0.4, 0.5) is 0 Å². The molecule has 0 saturated heterocycles. The molecule has 0 bridgehead atoms. The molecule has 37 heavy (non-hydrogen) atoms. The minimum Gasteiger partial charge on any atom is -0.486 e. The van der Waals surface area contributed by atoms with Crippen LogP contribution in [0.15, 0.2) is 58.9 Å². The summed E-state index contributed by atoms with van der Waals surface area (Å²) in [5.74, 6) is -0.0546. The van der Waals surface area contributed by atoms with E-state index in [4.69, 9.17) is 39.5 Å². The summed E-state index contributed by atoms with van der Waals surface area (Å²) in [4.78, 5) is 27.1. The smallest absolute Gasteiger partial charge is 0.162 e. The first kappa shape index (κ1) is 26.3. The van der Waals surface area contributed by atoms with Gasteiger partial charge in [-0.1, -0.05) is 80.7 Å². The Morgan fingerprint density at radius 2 is 1.32 bits per heavy atom. The van der Waals surface area contributed by atoms with E-state index >= 15 is 0 Å². The normalized spacial score (nSPS) is 20.9. The molecule has 0 unspecified atom stereocenters. The van der Waals surface area contributed by atoms with Gasteiger partial charge in [0.2, 0.25) is 0 Å². The Labute approximate surface area is 233 Å². The lowest BCUT2D eigenvalue weighted by atomic mass is 9.64. The molecule has 7 heteroatoms. The van der Waals surface area contributed by atoms with Gasteiger partial charge in [-0.3, -0.25) is 9.59 Å². The Bertz CT molecular complexity index is 1310. The van der Waals surface area contributed by atoms with Crippen molar-refractivity contribution in [3.8, 4) is 5.75 Å². The highest BCUT2D eigenvalue weighted by Gasteiger charge is 2.46. The van der Waals surface area contributed by atoms with Gasteiger partial charge in [0.1, 0.15) is 6.61 Å². The maximum atomic E-state index is 13.5. The van der Waals surface area contributed by atoms with Crippen LogP contribution >= 0.6 is 34.8 Å². The van der Waals surface area contributed by atoms with E-state index < -0.39 is 5.92 Å². The Hall–Kier alpha value is -2.27. The highest BCUT2D eigenvalue weighted by atomic mass is 35.5. The number of nitrogens with one attached hydrogen (secondary N) is 1. The minimum atomic E-state index is -0.508. The average molecular weight is 559 g/mol. The summed E-state index contributed by atoms with van der Waals surface area (Å²) >= 11 is 19.7. The fourth-order valence-corrected chi connectivity index (χ4v) is 6.67. The molecule has 0 radical (unpaired) electrons.